The first-order valence-corrected chi connectivity index (χ1v) is 11.3. The molecule has 0 bridgehead atoms. The lowest BCUT2D eigenvalue weighted by Crippen LogP contribution is -2.41. The van der Waals surface area contributed by atoms with Gasteiger partial charge in [-0.3, -0.25) is 20.2 Å². The van der Waals surface area contributed by atoms with Gasteiger partial charge in [0, 0.05) is 37.0 Å². The summed E-state index contributed by atoms with van der Waals surface area (Å²) in [5, 5.41) is 19.4. The van der Waals surface area contributed by atoms with E-state index in [1.807, 2.05) is 24.3 Å². The molecular weight excluding hydrogens is 426 g/mol. The average Bonchev–Trinajstić information content (AvgIpc) is 3.49. The van der Waals surface area contributed by atoms with Crippen molar-refractivity contribution in [2.24, 2.45) is 0 Å². The fraction of sp³-hybridized carbons (Fsp3) is 0.318. The Hall–Kier alpha value is -3.23. The number of hydrogen-bond acceptors (Lipinski definition) is 8. The van der Waals surface area contributed by atoms with E-state index in [1.165, 1.54) is 11.3 Å². The number of ether oxygens (including phenoxy) is 1. The number of thiophene rings is 1. The Morgan fingerprint density at radius 3 is 2.78 bits per heavy atom. The van der Waals surface area contributed by atoms with Crippen LogP contribution in [0.5, 0.6) is 0 Å². The molecule has 3 aromatic rings. The molecular formula is C22H25N7O2S. The molecule has 0 saturated carbocycles. The van der Waals surface area contributed by atoms with Crippen LogP contribution in [0.3, 0.4) is 0 Å². The van der Waals surface area contributed by atoms with Crippen molar-refractivity contribution in [1.82, 2.24) is 25.9 Å². The first-order chi connectivity index (χ1) is 15.7. The normalized spacial score (nSPS) is 14.1. The van der Waals surface area contributed by atoms with Gasteiger partial charge in [0.25, 0.3) is 5.91 Å². The van der Waals surface area contributed by atoms with Crippen molar-refractivity contribution < 1.29 is 9.53 Å². The highest BCUT2D eigenvalue weighted by Gasteiger charge is 2.10. The van der Waals surface area contributed by atoms with Gasteiger partial charge in [-0.15, -0.1) is 11.3 Å². The van der Waals surface area contributed by atoms with Gasteiger partial charge in [0.05, 0.1) is 23.8 Å². The van der Waals surface area contributed by atoms with E-state index in [4.69, 9.17) is 10.00 Å². The molecule has 0 atom stereocenters. The lowest BCUT2D eigenvalue weighted by atomic mass is 10.2. The number of amides is 1. The highest BCUT2D eigenvalue weighted by Crippen LogP contribution is 2.28. The molecule has 10 heteroatoms. The number of nitriles is 1. The maximum atomic E-state index is 12.3. The average molecular weight is 452 g/mol. The number of hydrazine groups is 1. The summed E-state index contributed by atoms with van der Waals surface area (Å²) < 4.78 is 5.34. The van der Waals surface area contributed by atoms with Gasteiger partial charge < -0.3 is 10.1 Å². The summed E-state index contributed by atoms with van der Waals surface area (Å²) in [5.74, 6) is 0.488. The van der Waals surface area contributed by atoms with Gasteiger partial charge in [-0.2, -0.15) is 10.4 Å². The highest BCUT2D eigenvalue weighted by atomic mass is 32.1. The van der Waals surface area contributed by atoms with Crippen LogP contribution < -0.4 is 16.2 Å². The van der Waals surface area contributed by atoms with Crippen molar-refractivity contribution in [2.75, 3.05) is 44.7 Å². The van der Waals surface area contributed by atoms with Crippen LogP contribution in [-0.4, -0.2) is 60.4 Å². The number of anilines is 2. The molecule has 1 saturated heterocycles. The number of nitrogens with one attached hydrogen (secondary N) is 4. The Labute approximate surface area is 190 Å². The molecule has 166 valence electrons. The maximum Gasteiger partial charge on any atom is 0.265 e. The van der Waals surface area contributed by atoms with Crippen LogP contribution in [0, 0.1) is 11.3 Å². The van der Waals surface area contributed by atoms with E-state index in [0.29, 0.717) is 22.8 Å². The van der Waals surface area contributed by atoms with E-state index < -0.39 is 0 Å². The monoisotopic (exact) mass is 451 g/mol. The number of carbonyl (C=O) groups excluding carboxylic acids is 1. The van der Waals surface area contributed by atoms with E-state index in [2.05, 4.69) is 37.3 Å². The number of morpholine rings is 1. The summed E-state index contributed by atoms with van der Waals surface area (Å²) in [7, 11) is 0. The number of H-pyrrole nitrogens is 1. The second-order valence-electron chi connectivity index (χ2n) is 7.33. The van der Waals surface area contributed by atoms with E-state index in [0.717, 1.165) is 55.5 Å². The van der Waals surface area contributed by atoms with E-state index in [-0.39, 0.29) is 5.91 Å². The van der Waals surface area contributed by atoms with Crippen LogP contribution in [0.1, 0.15) is 21.7 Å². The molecule has 1 fully saturated rings. The maximum absolute atomic E-state index is 12.3. The van der Waals surface area contributed by atoms with Gasteiger partial charge in [-0.25, -0.2) is 5.43 Å². The second kappa shape index (κ2) is 10.9. The molecule has 0 unspecified atom stereocenters. The number of rotatable bonds is 9. The third kappa shape index (κ3) is 5.93. The lowest BCUT2D eigenvalue weighted by molar-refractivity contribution is 0.0373. The molecule has 0 radical (unpaired) electrons. The molecule has 0 aliphatic carbocycles. The number of carbonyl (C=O) groups is 1. The molecule has 0 spiro atoms. The third-order valence-corrected chi connectivity index (χ3v) is 6.08. The predicted octanol–water partition coefficient (Wildman–Crippen LogP) is 2.71. The van der Waals surface area contributed by atoms with Gasteiger partial charge in [0.1, 0.15) is 10.9 Å². The zero-order chi connectivity index (χ0) is 22.2. The standard InChI is InChI=1S/C22H25N7O2S/c23-15-18-6-7-20(32-18)19-14-21(27-26-19)25-17-4-2-16(3-5-17)22(30)28-24-8-1-9-29-10-12-31-13-11-29/h2-7,14,24H,1,8-13H2,(H,28,30)(H2,25,26,27). The Balaban J connectivity index is 1.21. The fourth-order valence-corrected chi connectivity index (χ4v) is 4.11. The minimum Gasteiger partial charge on any atom is -0.379 e. The SMILES string of the molecule is N#Cc1ccc(-c2cc(Nc3ccc(C(=O)NNCCCN4CCOCC4)cc3)n[nH]2)s1. The summed E-state index contributed by atoms with van der Waals surface area (Å²) in [6.07, 6.45) is 0.956. The zero-order valence-electron chi connectivity index (χ0n) is 17.6. The minimum absolute atomic E-state index is 0.170. The van der Waals surface area contributed by atoms with Crippen molar-refractivity contribution in [3.8, 4) is 16.6 Å². The summed E-state index contributed by atoms with van der Waals surface area (Å²) in [6.45, 7) is 5.26. The number of aromatic amines is 1. The predicted molar refractivity (Wildman–Crippen MR) is 124 cm³/mol. The van der Waals surface area contributed by atoms with Gasteiger partial charge >= 0.3 is 0 Å². The van der Waals surface area contributed by atoms with Crippen LogP contribution >= 0.6 is 11.3 Å². The van der Waals surface area contributed by atoms with Crippen molar-refractivity contribution in [3.05, 3.63) is 52.9 Å². The molecule has 1 aromatic carbocycles. The summed E-state index contributed by atoms with van der Waals surface area (Å²) in [4.78, 5) is 16.3. The first-order valence-electron chi connectivity index (χ1n) is 10.5. The lowest BCUT2D eigenvalue weighted by Gasteiger charge is -2.26. The Morgan fingerprint density at radius 2 is 2.03 bits per heavy atom. The number of nitrogens with zero attached hydrogens (tertiary/aromatic N) is 3. The topological polar surface area (TPSA) is 118 Å². The largest absolute Gasteiger partial charge is 0.379 e. The smallest absolute Gasteiger partial charge is 0.265 e. The van der Waals surface area contributed by atoms with E-state index in [9.17, 15) is 4.79 Å². The molecule has 2 aromatic heterocycles. The fourth-order valence-electron chi connectivity index (χ4n) is 3.34. The Morgan fingerprint density at radius 1 is 1.22 bits per heavy atom. The second-order valence-corrected chi connectivity index (χ2v) is 8.42. The molecule has 3 heterocycles. The van der Waals surface area contributed by atoms with Crippen LogP contribution in [0.2, 0.25) is 0 Å². The Kier molecular flexibility index (Phi) is 7.47. The van der Waals surface area contributed by atoms with Crippen molar-refractivity contribution >= 4 is 28.7 Å². The third-order valence-electron chi connectivity index (χ3n) is 5.06. The highest BCUT2D eigenvalue weighted by molar-refractivity contribution is 7.15. The molecule has 32 heavy (non-hydrogen) atoms. The molecule has 1 aliphatic rings. The van der Waals surface area contributed by atoms with Gasteiger partial charge in [-0.1, -0.05) is 0 Å². The number of hydrogen-bond donors (Lipinski definition) is 4. The van der Waals surface area contributed by atoms with Crippen molar-refractivity contribution in [3.63, 3.8) is 0 Å². The molecule has 4 N–H and O–H groups in total. The van der Waals surface area contributed by atoms with Crippen LogP contribution in [0.4, 0.5) is 11.5 Å². The molecule has 9 nitrogen and oxygen atoms in total. The minimum atomic E-state index is -0.170. The van der Waals surface area contributed by atoms with E-state index >= 15 is 0 Å². The Bertz CT molecular complexity index is 1060. The zero-order valence-corrected chi connectivity index (χ0v) is 18.4. The molecule has 4 rings (SSSR count). The van der Waals surface area contributed by atoms with Gasteiger partial charge in [0.15, 0.2) is 5.82 Å². The van der Waals surface area contributed by atoms with Crippen LogP contribution in [-0.2, 0) is 4.74 Å². The summed E-state index contributed by atoms with van der Waals surface area (Å²) >= 11 is 1.41. The van der Waals surface area contributed by atoms with Gasteiger partial charge in [-0.05, 0) is 49.4 Å². The molecule has 1 amide bonds. The summed E-state index contributed by atoms with van der Waals surface area (Å²) in [6, 6.07) is 14.9. The van der Waals surface area contributed by atoms with Crippen molar-refractivity contribution in [1.29, 1.82) is 5.26 Å². The number of aromatic nitrogens is 2. The first kappa shape index (κ1) is 22.0. The number of benzene rings is 1. The molecule has 1 aliphatic heterocycles. The van der Waals surface area contributed by atoms with Crippen LogP contribution in [0.15, 0.2) is 42.5 Å². The van der Waals surface area contributed by atoms with E-state index in [1.54, 1.807) is 18.2 Å². The van der Waals surface area contributed by atoms with Crippen LogP contribution in [0.25, 0.3) is 10.6 Å². The van der Waals surface area contributed by atoms with Crippen molar-refractivity contribution in [2.45, 2.75) is 6.42 Å². The summed E-state index contributed by atoms with van der Waals surface area (Å²) in [5.41, 5.74) is 7.97. The van der Waals surface area contributed by atoms with Gasteiger partial charge in [0.2, 0.25) is 0 Å². The quantitative estimate of drug-likeness (QED) is 0.292.